The highest BCUT2D eigenvalue weighted by atomic mass is 16.5. The maximum Gasteiger partial charge on any atom is 0.230 e. The Bertz CT molecular complexity index is 461. The zero-order chi connectivity index (χ0) is 15.3. The molecule has 2 rings (SSSR count). The summed E-state index contributed by atoms with van der Waals surface area (Å²) in [4.78, 5) is 12.8. The molecule has 21 heavy (non-hydrogen) atoms. The van der Waals surface area contributed by atoms with E-state index in [9.17, 15) is 4.79 Å². The standard InChI is InChI=1S/C17H25NO3/c1-13(2)12-18-16(19)17(8-10-21-11-9-17)14-4-6-15(20-3)7-5-14/h4-7,13H,8-12H2,1-3H3,(H,18,19). The average Bonchev–Trinajstić information content (AvgIpc) is 2.53. The molecule has 1 N–H and O–H groups in total. The van der Waals surface area contributed by atoms with Crippen molar-refractivity contribution in [3.63, 3.8) is 0 Å². The summed E-state index contributed by atoms with van der Waals surface area (Å²) in [5, 5.41) is 3.09. The summed E-state index contributed by atoms with van der Waals surface area (Å²) in [5.74, 6) is 1.37. The summed E-state index contributed by atoms with van der Waals surface area (Å²) in [5.41, 5.74) is 0.576. The fourth-order valence-corrected chi connectivity index (χ4v) is 2.74. The molecule has 1 fully saturated rings. The Balaban J connectivity index is 2.25. The Labute approximate surface area is 126 Å². The van der Waals surface area contributed by atoms with Crippen LogP contribution in [0.2, 0.25) is 0 Å². The zero-order valence-electron chi connectivity index (χ0n) is 13.1. The van der Waals surface area contributed by atoms with Gasteiger partial charge < -0.3 is 14.8 Å². The lowest BCUT2D eigenvalue weighted by Gasteiger charge is -2.36. The van der Waals surface area contributed by atoms with Gasteiger partial charge in [0.25, 0.3) is 0 Å². The topological polar surface area (TPSA) is 47.6 Å². The minimum absolute atomic E-state index is 0.115. The van der Waals surface area contributed by atoms with Crippen LogP contribution in [-0.4, -0.2) is 32.8 Å². The highest BCUT2D eigenvalue weighted by molar-refractivity contribution is 5.88. The fourth-order valence-electron chi connectivity index (χ4n) is 2.74. The molecule has 0 bridgehead atoms. The van der Waals surface area contributed by atoms with E-state index in [0.717, 1.165) is 24.2 Å². The number of benzene rings is 1. The molecular weight excluding hydrogens is 266 g/mol. The molecule has 1 aliphatic rings. The lowest BCUT2D eigenvalue weighted by Crippen LogP contribution is -2.48. The van der Waals surface area contributed by atoms with E-state index >= 15 is 0 Å². The molecule has 0 spiro atoms. The number of hydrogen-bond acceptors (Lipinski definition) is 3. The number of amides is 1. The number of carbonyl (C=O) groups excluding carboxylic acids is 1. The van der Waals surface area contributed by atoms with Crippen molar-refractivity contribution in [2.45, 2.75) is 32.1 Å². The lowest BCUT2D eigenvalue weighted by molar-refractivity contribution is -0.130. The van der Waals surface area contributed by atoms with Gasteiger partial charge in [0.05, 0.1) is 12.5 Å². The van der Waals surface area contributed by atoms with Crippen molar-refractivity contribution in [3.05, 3.63) is 29.8 Å². The maximum atomic E-state index is 12.8. The number of hydrogen-bond donors (Lipinski definition) is 1. The molecule has 0 aliphatic carbocycles. The van der Waals surface area contributed by atoms with Crippen LogP contribution in [-0.2, 0) is 14.9 Å². The van der Waals surface area contributed by atoms with Gasteiger partial charge in [0.15, 0.2) is 0 Å². The van der Waals surface area contributed by atoms with Crippen molar-refractivity contribution in [2.75, 3.05) is 26.9 Å². The molecule has 116 valence electrons. The van der Waals surface area contributed by atoms with Crippen molar-refractivity contribution in [1.29, 1.82) is 0 Å². The maximum absolute atomic E-state index is 12.8. The van der Waals surface area contributed by atoms with Crippen LogP contribution in [0, 0.1) is 5.92 Å². The van der Waals surface area contributed by atoms with Crippen molar-refractivity contribution in [1.82, 2.24) is 5.32 Å². The van der Waals surface area contributed by atoms with E-state index in [-0.39, 0.29) is 5.91 Å². The van der Waals surface area contributed by atoms with E-state index < -0.39 is 5.41 Å². The molecule has 1 aliphatic heterocycles. The summed E-state index contributed by atoms with van der Waals surface area (Å²) in [6.07, 6.45) is 1.45. The monoisotopic (exact) mass is 291 g/mol. The first kappa shape index (κ1) is 15.8. The van der Waals surface area contributed by atoms with Crippen LogP contribution in [0.25, 0.3) is 0 Å². The summed E-state index contributed by atoms with van der Waals surface area (Å²) in [6, 6.07) is 7.84. The molecule has 0 radical (unpaired) electrons. The van der Waals surface area contributed by atoms with Crippen LogP contribution >= 0.6 is 0 Å². The SMILES string of the molecule is COc1ccc(C2(C(=O)NCC(C)C)CCOCC2)cc1. The third-order valence-corrected chi connectivity index (χ3v) is 4.09. The number of methoxy groups -OCH3 is 1. The molecule has 1 heterocycles. The summed E-state index contributed by atoms with van der Waals surface area (Å²) in [6.45, 7) is 6.16. The second kappa shape index (κ2) is 6.94. The van der Waals surface area contributed by atoms with E-state index in [1.54, 1.807) is 7.11 Å². The van der Waals surface area contributed by atoms with E-state index in [4.69, 9.17) is 9.47 Å². The molecule has 1 saturated heterocycles. The third kappa shape index (κ3) is 3.56. The first-order valence-corrected chi connectivity index (χ1v) is 7.59. The van der Waals surface area contributed by atoms with Crippen LogP contribution in [0.5, 0.6) is 5.75 Å². The molecular formula is C17H25NO3. The molecule has 0 aromatic heterocycles. The van der Waals surface area contributed by atoms with Gasteiger partial charge in [0.2, 0.25) is 5.91 Å². The normalized spacial score (nSPS) is 17.5. The molecule has 0 unspecified atom stereocenters. The molecule has 4 heteroatoms. The predicted molar refractivity (Wildman–Crippen MR) is 82.6 cm³/mol. The van der Waals surface area contributed by atoms with Gasteiger partial charge in [-0.2, -0.15) is 0 Å². The summed E-state index contributed by atoms with van der Waals surface area (Å²) < 4.78 is 10.7. The van der Waals surface area contributed by atoms with Gasteiger partial charge in [-0.3, -0.25) is 4.79 Å². The predicted octanol–water partition coefficient (Wildman–Crippen LogP) is 2.52. The van der Waals surface area contributed by atoms with E-state index in [0.29, 0.717) is 25.7 Å². The highest BCUT2D eigenvalue weighted by Gasteiger charge is 2.41. The van der Waals surface area contributed by atoms with Gasteiger partial charge in [-0.25, -0.2) is 0 Å². The summed E-state index contributed by atoms with van der Waals surface area (Å²) >= 11 is 0. The van der Waals surface area contributed by atoms with Gasteiger partial charge in [-0.1, -0.05) is 26.0 Å². The minimum Gasteiger partial charge on any atom is -0.497 e. The number of carbonyl (C=O) groups is 1. The quantitative estimate of drug-likeness (QED) is 0.907. The van der Waals surface area contributed by atoms with Crippen molar-refractivity contribution >= 4 is 5.91 Å². The smallest absolute Gasteiger partial charge is 0.230 e. The van der Waals surface area contributed by atoms with Crippen molar-refractivity contribution in [2.24, 2.45) is 5.92 Å². The zero-order valence-corrected chi connectivity index (χ0v) is 13.1. The first-order valence-electron chi connectivity index (χ1n) is 7.59. The Morgan fingerprint density at radius 2 is 1.90 bits per heavy atom. The molecule has 1 aromatic carbocycles. The highest BCUT2D eigenvalue weighted by Crippen LogP contribution is 2.36. The van der Waals surface area contributed by atoms with Gasteiger partial charge in [0, 0.05) is 19.8 Å². The number of ether oxygens (including phenoxy) is 2. The summed E-state index contributed by atoms with van der Waals surface area (Å²) in [7, 11) is 1.65. The van der Waals surface area contributed by atoms with E-state index in [1.165, 1.54) is 0 Å². The van der Waals surface area contributed by atoms with Crippen LogP contribution in [0.15, 0.2) is 24.3 Å². The Morgan fingerprint density at radius 3 is 2.43 bits per heavy atom. The Morgan fingerprint density at radius 1 is 1.29 bits per heavy atom. The van der Waals surface area contributed by atoms with Crippen LogP contribution in [0.4, 0.5) is 0 Å². The van der Waals surface area contributed by atoms with Crippen LogP contribution < -0.4 is 10.1 Å². The molecule has 1 aromatic rings. The minimum atomic E-state index is -0.473. The molecule has 0 atom stereocenters. The number of rotatable bonds is 5. The van der Waals surface area contributed by atoms with Crippen LogP contribution in [0.1, 0.15) is 32.3 Å². The largest absolute Gasteiger partial charge is 0.497 e. The van der Waals surface area contributed by atoms with Gasteiger partial charge in [-0.15, -0.1) is 0 Å². The Hall–Kier alpha value is -1.55. The van der Waals surface area contributed by atoms with Crippen molar-refractivity contribution < 1.29 is 14.3 Å². The molecule has 1 amide bonds. The second-order valence-electron chi connectivity index (χ2n) is 6.03. The molecule has 4 nitrogen and oxygen atoms in total. The average molecular weight is 291 g/mol. The van der Waals surface area contributed by atoms with Crippen LogP contribution in [0.3, 0.4) is 0 Å². The number of nitrogens with one attached hydrogen (secondary N) is 1. The van der Waals surface area contributed by atoms with Crippen molar-refractivity contribution in [3.8, 4) is 5.75 Å². The van der Waals surface area contributed by atoms with Gasteiger partial charge in [0.1, 0.15) is 5.75 Å². The van der Waals surface area contributed by atoms with Gasteiger partial charge in [-0.05, 0) is 36.5 Å². The van der Waals surface area contributed by atoms with E-state index in [1.807, 2.05) is 24.3 Å². The van der Waals surface area contributed by atoms with Gasteiger partial charge >= 0.3 is 0 Å². The fraction of sp³-hybridized carbons (Fsp3) is 0.588. The lowest BCUT2D eigenvalue weighted by atomic mass is 9.73. The molecule has 0 saturated carbocycles. The Kier molecular flexibility index (Phi) is 5.23. The van der Waals surface area contributed by atoms with E-state index in [2.05, 4.69) is 19.2 Å². The third-order valence-electron chi connectivity index (χ3n) is 4.09. The first-order chi connectivity index (χ1) is 10.1. The second-order valence-corrected chi connectivity index (χ2v) is 6.03.